The van der Waals surface area contributed by atoms with Crippen molar-refractivity contribution >= 4 is 34.1 Å². The molecule has 8 heteroatoms. The van der Waals surface area contributed by atoms with Gasteiger partial charge in [-0.15, -0.1) is 0 Å². The van der Waals surface area contributed by atoms with E-state index in [0.29, 0.717) is 29.7 Å². The Bertz CT molecular complexity index is 1530. The number of amides is 2. The predicted molar refractivity (Wildman–Crippen MR) is 144 cm³/mol. The van der Waals surface area contributed by atoms with Crippen LogP contribution in [0.2, 0.25) is 0 Å². The molecule has 3 heterocycles. The van der Waals surface area contributed by atoms with Crippen molar-refractivity contribution < 1.29 is 14.3 Å². The Hall–Kier alpha value is -4.59. The van der Waals surface area contributed by atoms with E-state index in [1.807, 2.05) is 67.6 Å². The molecule has 37 heavy (non-hydrogen) atoms. The van der Waals surface area contributed by atoms with Crippen molar-refractivity contribution in [3.63, 3.8) is 0 Å². The highest BCUT2D eigenvalue weighted by Gasteiger charge is 2.25. The smallest absolute Gasteiger partial charge is 0.411 e. The summed E-state index contributed by atoms with van der Waals surface area (Å²) in [5.74, 6) is -0.126. The van der Waals surface area contributed by atoms with Crippen LogP contribution < -0.4 is 16.2 Å². The van der Waals surface area contributed by atoms with Crippen LogP contribution in [0.5, 0.6) is 0 Å². The summed E-state index contributed by atoms with van der Waals surface area (Å²) in [6, 6.07) is 19.9. The lowest BCUT2D eigenvalue weighted by Crippen LogP contribution is -2.35. The van der Waals surface area contributed by atoms with Crippen molar-refractivity contribution in [1.29, 1.82) is 0 Å². The monoisotopic (exact) mass is 496 g/mol. The van der Waals surface area contributed by atoms with E-state index in [2.05, 4.69) is 15.6 Å². The second kappa shape index (κ2) is 10.2. The maximum Gasteiger partial charge on any atom is 0.411 e. The molecule has 0 saturated carbocycles. The summed E-state index contributed by atoms with van der Waals surface area (Å²) < 4.78 is 5.35. The minimum Gasteiger partial charge on any atom is -0.449 e. The van der Waals surface area contributed by atoms with Crippen LogP contribution in [0.15, 0.2) is 77.7 Å². The molecule has 4 aromatic rings. The number of fused-ring (bicyclic) bond motifs is 10. The first kappa shape index (κ1) is 24.1. The molecular formula is C29H28N4O4. The number of pyridine rings is 1. The Balaban J connectivity index is 1.52. The average Bonchev–Trinajstić information content (AvgIpc) is 2.89. The zero-order valence-electron chi connectivity index (χ0n) is 20.7. The second-order valence-electron chi connectivity index (χ2n) is 9.27. The van der Waals surface area contributed by atoms with E-state index >= 15 is 0 Å². The maximum absolute atomic E-state index is 13.8. The minimum atomic E-state index is -0.674. The molecule has 188 valence electrons. The predicted octanol–water partition coefficient (Wildman–Crippen LogP) is 4.75. The van der Waals surface area contributed by atoms with E-state index in [0.717, 1.165) is 27.6 Å². The van der Waals surface area contributed by atoms with Gasteiger partial charge in [-0.1, -0.05) is 36.4 Å². The van der Waals surface area contributed by atoms with Gasteiger partial charge >= 0.3 is 6.09 Å². The summed E-state index contributed by atoms with van der Waals surface area (Å²) >= 11 is 0. The third-order valence-electron chi connectivity index (χ3n) is 6.65. The highest BCUT2D eigenvalue weighted by atomic mass is 16.5. The molecule has 1 atom stereocenters. The molecule has 6 rings (SSSR count). The fourth-order valence-electron chi connectivity index (χ4n) is 4.49. The summed E-state index contributed by atoms with van der Waals surface area (Å²) in [6.07, 6.45) is 1.65. The fourth-order valence-corrected chi connectivity index (χ4v) is 4.49. The lowest BCUT2D eigenvalue weighted by molar-refractivity contribution is -0.131. The van der Waals surface area contributed by atoms with E-state index < -0.39 is 12.1 Å². The number of carbonyl (C=O) groups is 2. The van der Waals surface area contributed by atoms with Crippen LogP contribution in [0.4, 0.5) is 16.2 Å². The lowest BCUT2D eigenvalue weighted by Gasteiger charge is -2.27. The number of carbonyl (C=O) groups excluding carboxylic acids is 2. The van der Waals surface area contributed by atoms with Gasteiger partial charge in [0.25, 0.3) is 5.56 Å². The molecule has 3 aromatic carbocycles. The number of H-pyrrole nitrogens is 1. The van der Waals surface area contributed by atoms with Crippen molar-refractivity contribution in [2.24, 2.45) is 0 Å². The molecular weight excluding hydrogens is 468 g/mol. The van der Waals surface area contributed by atoms with Gasteiger partial charge in [-0.2, -0.15) is 0 Å². The van der Waals surface area contributed by atoms with Gasteiger partial charge in [0.1, 0.15) is 6.04 Å². The minimum absolute atomic E-state index is 0.126. The van der Waals surface area contributed by atoms with Crippen molar-refractivity contribution in [2.75, 3.05) is 24.3 Å². The number of aromatic nitrogens is 1. The van der Waals surface area contributed by atoms with Crippen LogP contribution in [-0.2, 0) is 22.5 Å². The number of anilines is 2. The summed E-state index contributed by atoms with van der Waals surface area (Å²) in [5, 5.41) is 7.50. The van der Waals surface area contributed by atoms with Gasteiger partial charge in [-0.25, -0.2) is 4.79 Å². The summed E-state index contributed by atoms with van der Waals surface area (Å²) in [5.41, 5.74) is 4.78. The third kappa shape index (κ3) is 5.33. The van der Waals surface area contributed by atoms with Gasteiger partial charge in [-0.05, 0) is 64.9 Å². The zero-order valence-corrected chi connectivity index (χ0v) is 20.7. The first-order chi connectivity index (χ1) is 17.9. The molecule has 8 nitrogen and oxygen atoms in total. The molecule has 2 amide bonds. The SMILES string of the molecule is Cc1ccc2cc1CN(C)C(=O)C(Nc1ccc3cc[nH]c(=O)c3c1)c1ccc(cc1)CCOC(=O)N2. The Kier molecular flexibility index (Phi) is 6.64. The van der Waals surface area contributed by atoms with Gasteiger partial charge in [0.15, 0.2) is 0 Å². The fraction of sp³-hybridized carbons (Fsp3) is 0.207. The van der Waals surface area contributed by atoms with Gasteiger partial charge in [0, 0.05) is 43.0 Å². The van der Waals surface area contributed by atoms with Gasteiger partial charge in [0.2, 0.25) is 5.91 Å². The number of ether oxygens (including phenoxy) is 1. The molecule has 1 aromatic heterocycles. The Morgan fingerprint density at radius 1 is 0.973 bits per heavy atom. The van der Waals surface area contributed by atoms with Crippen molar-refractivity contribution in [3.8, 4) is 0 Å². The second-order valence-corrected chi connectivity index (χ2v) is 9.27. The first-order valence-electron chi connectivity index (χ1n) is 12.1. The maximum atomic E-state index is 13.8. The molecule has 0 aliphatic carbocycles. The normalized spacial score (nSPS) is 16.4. The molecule has 0 saturated heterocycles. The van der Waals surface area contributed by atoms with Crippen LogP contribution in [-0.4, -0.2) is 35.5 Å². The summed E-state index contributed by atoms with van der Waals surface area (Å²) in [6.45, 7) is 2.55. The van der Waals surface area contributed by atoms with Crippen molar-refractivity contribution in [3.05, 3.63) is 106 Å². The molecule has 2 aliphatic rings. The van der Waals surface area contributed by atoms with Crippen LogP contribution >= 0.6 is 0 Å². The summed E-state index contributed by atoms with van der Waals surface area (Å²) in [7, 11) is 1.76. The number of hydrogen-bond donors (Lipinski definition) is 3. The van der Waals surface area contributed by atoms with Crippen LogP contribution in [0, 0.1) is 6.92 Å². The van der Waals surface area contributed by atoms with Gasteiger partial charge in [0.05, 0.1) is 6.61 Å². The highest BCUT2D eigenvalue weighted by Crippen LogP contribution is 2.26. The van der Waals surface area contributed by atoms with E-state index in [1.165, 1.54) is 0 Å². The van der Waals surface area contributed by atoms with Crippen LogP contribution in [0.25, 0.3) is 10.8 Å². The number of nitrogens with one attached hydrogen (secondary N) is 3. The Morgan fingerprint density at radius 2 is 1.78 bits per heavy atom. The number of hydrogen-bond acceptors (Lipinski definition) is 5. The first-order valence-corrected chi connectivity index (χ1v) is 12.1. The Labute approximate surface area is 214 Å². The number of likely N-dealkylation sites (N-methyl/N-ethyl adjacent to an activating group) is 1. The van der Waals surface area contributed by atoms with Gasteiger partial charge in [-0.3, -0.25) is 14.9 Å². The van der Waals surface area contributed by atoms with Gasteiger partial charge < -0.3 is 19.9 Å². The molecule has 0 radical (unpaired) electrons. The van der Waals surface area contributed by atoms with E-state index in [9.17, 15) is 14.4 Å². The molecule has 1 unspecified atom stereocenters. The van der Waals surface area contributed by atoms with Crippen LogP contribution in [0.3, 0.4) is 0 Å². The van der Waals surface area contributed by atoms with E-state index in [4.69, 9.17) is 4.74 Å². The molecule has 3 N–H and O–H groups in total. The summed E-state index contributed by atoms with van der Waals surface area (Å²) in [4.78, 5) is 42.8. The zero-order chi connectivity index (χ0) is 25.9. The molecule has 0 spiro atoms. The van der Waals surface area contributed by atoms with E-state index in [1.54, 1.807) is 24.2 Å². The van der Waals surface area contributed by atoms with Crippen molar-refractivity contribution in [2.45, 2.75) is 25.9 Å². The third-order valence-corrected chi connectivity index (χ3v) is 6.65. The number of benzene rings is 3. The molecule has 2 aliphatic heterocycles. The number of aromatic amines is 1. The standard InChI is InChI=1S/C29H28N4O4/c1-18-3-9-23-15-22(18)17-33(2)28(35)26(21-6-4-19(5-7-21)12-14-37-29(36)32-23)31-24-10-8-20-11-13-30-27(34)25(20)16-24/h3-11,13,15-16,26,31H,12,14,17H2,1-2H3,(H,30,34)(H,32,36). The average molecular weight is 497 g/mol. The highest BCUT2D eigenvalue weighted by molar-refractivity contribution is 5.89. The number of aryl methyl sites for hydroxylation is 1. The van der Waals surface area contributed by atoms with E-state index in [-0.39, 0.29) is 18.1 Å². The number of nitrogens with zero attached hydrogens (tertiary/aromatic N) is 1. The topological polar surface area (TPSA) is 104 Å². The molecule has 0 fully saturated rings. The van der Waals surface area contributed by atoms with Crippen LogP contribution in [0.1, 0.15) is 28.3 Å². The largest absolute Gasteiger partial charge is 0.449 e. The Morgan fingerprint density at radius 3 is 2.59 bits per heavy atom. The van der Waals surface area contributed by atoms with Crippen molar-refractivity contribution in [1.82, 2.24) is 9.88 Å². The lowest BCUT2D eigenvalue weighted by atomic mass is 10.0. The molecule has 4 bridgehead atoms. The number of rotatable bonds is 2. The quantitative estimate of drug-likeness (QED) is 0.372.